The van der Waals surface area contributed by atoms with Crippen LogP contribution in [0, 0.1) is 13.8 Å². The van der Waals surface area contributed by atoms with Crippen molar-refractivity contribution in [3.8, 4) is 0 Å². The van der Waals surface area contributed by atoms with E-state index in [0.29, 0.717) is 12.1 Å². The molecule has 1 atom stereocenters. The largest absolute Gasteiger partial charge is 0.355 e. The molecule has 1 aliphatic carbocycles. The van der Waals surface area contributed by atoms with Gasteiger partial charge in [-0.15, -0.1) is 5.10 Å². The van der Waals surface area contributed by atoms with Crippen molar-refractivity contribution < 1.29 is 4.79 Å². The van der Waals surface area contributed by atoms with E-state index in [2.05, 4.69) is 35.2 Å². The summed E-state index contributed by atoms with van der Waals surface area (Å²) in [5.41, 5.74) is 3.03. The van der Waals surface area contributed by atoms with Gasteiger partial charge in [0.15, 0.2) is 0 Å². The van der Waals surface area contributed by atoms with Gasteiger partial charge < -0.3 is 15.1 Å². The summed E-state index contributed by atoms with van der Waals surface area (Å²) in [5, 5.41) is 11.9. The Bertz CT molecular complexity index is 873. The van der Waals surface area contributed by atoms with Crippen LogP contribution in [0.4, 0.5) is 5.82 Å². The molecule has 2 aliphatic rings. The first-order chi connectivity index (χ1) is 13.4. The normalized spacial score (nSPS) is 19.3. The van der Waals surface area contributed by atoms with E-state index in [9.17, 15) is 4.79 Å². The van der Waals surface area contributed by atoms with Crippen LogP contribution in [-0.2, 0) is 6.54 Å². The molecule has 28 heavy (non-hydrogen) atoms. The molecule has 1 N–H and O–H groups in total. The van der Waals surface area contributed by atoms with E-state index in [0.717, 1.165) is 48.8 Å². The number of carbonyl (C=O) groups is 1. The topological polar surface area (TPSA) is 92.1 Å². The molecule has 0 bridgehead atoms. The van der Waals surface area contributed by atoms with Crippen molar-refractivity contribution >= 4 is 11.7 Å². The Morgan fingerprint density at radius 2 is 2.04 bits per heavy atom. The molecule has 1 saturated heterocycles. The second kappa shape index (κ2) is 7.46. The van der Waals surface area contributed by atoms with Gasteiger partial charge in [0.25, 0.3) is 5.91 Å². The Labute approximate surface area is 165 Å². The third kappa shape index (κ3) is 3.71. The maximum Gasteiger partial charge on any atom is 0.291 e. The monoisotopic (exact) mass is 384 g/mol. The van der Waals surface area contributed by atoms with Crippen LogP contribution >= 0.6 is 0 Å². The molecule has 0 aromatic carbocycles. The average molecular weight is 384 g/mol. The molecule has 0 unspecified atom stereocenters. The SMILES string of the molecule is Cc1nc(C(=O)N(C)C)nc(N2CC[C@@H](NCc3cnnn3C3CC3)C2)c1C. The highest BCUT2D eigenvalue weighted by Gasteiger charge is 2.29. The smallest absolute Gasteiger partial charge is 0.291 e. The first-order valence-electron chi connectivity index (χ1n) is 9.88. The lowest BCUT2D eigenvalue weighted by Crippen LogP contribution is -2.33. The average Bonchev–Trinajstić information content (AvgIpc) is 3.22. The zero-order chi connectivity index (χ0) is 19.8. The molecular weight excluding hydrogens is 356 g/mol. The van der Waals surface area contributed by atoms with Gasteiger partial charge >= 0.3 is 0 Å². The maximum absolute atomic E-state index is 12.3. The van der Waals surface area contributed by atoms with Crippen molar-refractivity contribution in [1.82, 2.24) is 35.2 Å². The first kappa shape index (κ1) is 18.8. The number of anilines is 1. The number of hydrogen-bond acceptors (Lipinski definition) is 7. The molecule has 1 saturated carbocycles. The van der Waals surface area contributed by atoms with Gasteiger partial charge in [-0.05, 0) is 33.1 Å². The third-order valence-corrected chi connectivity index (χ3v) is 5.56. The molecule has 9 heteroatoms. The molecule has 2 fully saturated rings. The number of amides is 1. The number of hydrogen-bond donors (Lipinski definition) is 1. The number of nitrogens with one attached hydrogen (secondary N) is 1. The molecule has 3 heterocycles. The standard InChI is InChI=1S/C19H28N8O/c1-12-13(2)22-17(19(28)25(3)4)23-18(12)26-8-7-14(11-26)20-9-16-10-21-24-27(16)15-5-6-15/h10,14-15,20H,5-9,11H2,1-4H3/t14-/m1/s1. The quantitative estimate of drug-likeness (QED) is 0.797. The van der Waals surface area contributed by atoms with Crippen molar-refractivity contribution in [1.29, 1.82) is 0 Å². The Hall–Kier alpha value is -2.55. The summed E-state index contributed by atoms with van der Waals surface area (Å²) in [7, 11) is 3.44. The highest BCUT2D eigenvalue weighted by atomic mass is 16.2. The highest BCUT2D eigenvalue weighted by molar-refractivity contribution is 5.90. The van der Waals surface area contributed by atoms with Crippen LogP contribution in [0.25, 0.3) is 0 Å². The van der Waals surface area contributed by atoms with Gasteiger partial charge in [-0.3, -0.25) is 4.79 Å². The van der Waals surface area contributed by atoms with Crippen LogP contribution < -0.4 is 10.2 Å². The van der Waals surface area contributed by atoms with Crippen LogP contribution in [0.5, 0.6) is 0 Å². The van der Waals surface area contributed by atoms with Gasteiger partial charge in [0, 0.05) is 51.0 Å². The fourth-order valence-electron chi connectivity index (χ4n) is 3.60. The molecule has 2 aromatic rings. The Morgan fingerprint density at radius 3 is 2.75 bits per heavy atom. The molecule has 0 spiro atoms. The zero-order valence-corrected chi connectivity index (χ0v) is 17.0. The minimum atomic E-state index is -0.168. The lowest BCUT2D eigenvalue weighted by molar-refractivity contribution is 0.0815. The van der Waals surface area contributed by atoms with Gasteiger partial charge in [-0.1, -0.05) is 5.21 Å². The van der Waals surface area contributed by atoms with E-state index in [4.69, 9.17) is 0 Å². The zero-order valence-electron chi connectivity index (χ0n) is 17.0. The second-order valence-electron chi connectivity index (χ2n) is 7.99. The van der Waals surface area contributed by atoms with Crippen molar-refractivity contribution in [3.05, 3.63) is 29.0 Å². The summed E-state index contributed by atoms with van der Waals surface area (Å²) < 4.78 is 2.05. The summed E-state index contributed by atoms with van der Waals surface area (Å²) in [6.45, 7) is 6.50. The van der Waals surface area contributed by atoms with E-state index < -0.39 is 0 Å². The Balaban J connectivity index is 1.43. The molecule has 2 aromatic heterocycles. The van der Waals surface area contributed by atoms with Crippen LogP contribution in [0.15, 0.2) is 6.20 Å². The number of aromatic nitrogens is 5. The number of aryl methyl sites for hydroxylation is 1. The van der Waals surface area contributed by atoms with E-state index in [1.807, 2.05) is 20.0 Å². The van der Waals surface area contributed by atoms with Gasteiger partial charge in [-0.2, -0.15) is 0 Å². The summed E-state index contributed by atoms with van der Waals surface area (Å²) in [5.74, 6) is 0.963. The van der Waals surface area contributed by atoms with Gasteiger partial charge in [-0.25, -0.2) is 14.6 Å². The number of rotatable bonds is 6. The molecule has 1 amide bonds. The minimum Gasteiger partial charge on any atom is -0.355 e. The highest BCUT2D eigenvalue weighted by Crippen LogP contribution is 2.34. The molecule has 1 aliphatic heterocycles. The summed E-state index contributed by atoms with van der Waals surface area (Å²) in [4.78, 5) is 25.1. The lowest BCUT2D eigenvalue weighted by Gasteiger charge is -2.22. The molecular formula is C19H28N8O. The molecule has 4 rings (SSSR count). The predicted molar refractivity (Wildman–Crippen MR) is 105 cm³/mol. The van der Waals surface area contributed by atoms with Crippen molar-refractivity contribution in [3.63, 3.8) is 0 Å². The van der Waals surface area contributed by atoms with Crippen LogP contribution in [0.1, 0.15) is 52.9 Å². The minimum absolute atomic E-state index is 0.168. The Morgan fingerprint density at radius 1 is 1.25 bits per heavy atom. The predicted octanol–water partition coefficient (Wildman–Crippen LogP) is 1.09. The third-order valence-electron chi connectivity index (χ3n) is 5.56. The molecule has 9 nitrogen and oxygen atoms in total. The van der Waals surface area contributed by atoms with Crippen molar-refractivity contribution in [2.45, 2.75) is 51.7 Å². The fourth-order valence-corrected chi connectivity index (χ4v) is 3.60. The summed E-state index contributed by atoms with van der Waals surface area (Å²) in [6.07, 6.45) is 5.29. The van der Waals surface area contributed by atoms with Crippen LogP contribution in [0.3, 0.4) is 0 Å². The van der Waals surface area contributed by atoms with E-state index in [1.54, 1.807) is 14.1 Å². The van der Waals surface area contributed by atoms with E-state index >= 15 is 0 Å². The lowest BCUT2D eigenvalue weighted by atomic mass is 10.2. The summed E-state index contributed by atoms with van der Waals surface area (Å²) in [6, 6.07) is 0.906. The van der Waals surface area contributed by atoms with E-state index in [-0.39, 0.29) is 11.7 Å². The fraction of sp³-hybridized carbons (Fsp3) is 0.632. The van der Waals surface area contributed by atoms with Gasteiger partial charge in [0.05, 0.1) is 17.9 Å². The van der Waals surface area contributed by atoms with E-state index in [1.165, 1.54) is 17.7 Å². The number of carbonyl (C=O) groups excluding carboxylic acids is 1. The first-order valence-corrected chi connectivity index (χ1v) is 9.88. The van der Waals surface area contributed by atoms with Crippen molar-refractivity contribution in [2.24, 2.45) is 0 Å². The maximum atomic E-state index is 12.3. The molecule has 150 valence electrons. The van der Waals surface area contributed by atoms with Gasteiger partial charge in [0.2, 0.25) is 5.82 Å². The number of nitrogens with zero attached hydrogens (tertiary/aromatic N) is 7. The van der Waals surface area contributed by atoms with Crippen LogP contribution in [-0.4, -0.2) is 69.0 Å². The Kier molecular flexibility index (Phi) is 5.01. The van der Waals surface area contributed by atoms with Crippen LogP contribution in [0.2, 0.25) is 0 Å². The molecule has 0 radical (unpaired) electrons. The summed E-state index contributed by atoms with van der Waals surface area (Å²) >= 11 is 0. The van der Waals surface area contributed by atoms with Crippen molar-refractivity contribution in [2.75, 3.05) is 32.1 Å². The second-order valence-corrected chi connectivity index (χ2v) is 7.99. The van der Waals surface area contributed by atoms with Gasteiger partial charge in [0.1, 0.15) is 5.82 Å².